The Morgan fingerprint density at radius 2 is 1.81 bits per heavy atom. The van der Waals surface area contributed by atoms with Gasteiger partial charge < -0.3 is 14.9 Å². The van der Waals surface area contributed by atoms with Crippen molar-refractivity contribution in [3.05, 3.63) is 65.9 Å². The maximum Gasteiger partial charge on any atom is 0.416 e. The quantitative estimate of drug-likeness (QED) is 0.373. The Bertz CT molecular complexity index is 1040. The molecule has 0 unspecified atom stereocenters. The van der Waals surface area contributed by atoms with E-state index in [4.69, 9.17) is 0 Å². The average Bonchev–Trinajstić information content (AvgIpc) is 2.74. The van der Waals surface area contributed by atoms with Crippen molar-refractivity contribution in [3.8, 4) is 0 Å². The van der Waals surface area contributed by atoms with Gasteiger partial charge in [-0.1, -0.05) is 18.2 Å². The minimum absolute atomic E-state index is 0.245. The molecule has 2 N–H and O–H groups in total. The van der Waals surface area contributed by atoms with E-state index in [1.165, 1.54) is 24.1 Å². The van der Waals surface area contributed by atoms with Gasteiger partial charge in [0, 0.05) is 16.8 Å². The van der Waals surface area contributed by atoms with Gasteiger partial charge in [0.25, 0.3) is 5.91 Å². The van der Waals surface area contributed by atoms with Crippen LogP contribution in [0.4, 0.5) is 18.9 Å². The second kappa shape index (κ2) is 10.0. The van der Waals surface area contributed by atoms with Gasteiger partial charge in [-0.25, -0.2) is 4.98 Å². The predicted octanol–water partition coefficient (Wildman–Crippen LogP) is 5.05. The first-order chi connectivity index (χ1) is 14.7. The largest absolute Gasteiger partial charge is 0.416 e. The van der Waals surface area contributed by atoms with Crippen molar-refractivity contribution in [1.82, 2.24) is 15.2 Å². The lowest BCUT2D eigenvalue weighted by Gasteiger charge is -2.12. The second-order valence-corrected chi connectivity index (χ2v) is 8.09. The van der Waals surface area contributed by atoms with Crippen LogP contribution in [0, 0.1) is 0 Å². The summed E-state index contributed by atoms with van der Waals surface area (Å²) >= 11 is 1.18. The van der Waals surface area contributed by atoms with Crippen molar-refractivity contribution >= 4 is 34.4 Å². The monoisotopic (exact) mass is 448 g/mol. The molecule has 0 aliphatic heterocycles. The van der Waals surface area contributed by atoms with Crippen LogP contribution < -0.4 is 10.0 Å². The molecular formula is C22H23F3N4OS. The molecule has 0 spiro atoms. The number of aromatic nitrogens is 1. The van der Waals surface area contributed by atoms with Gasteiger partial charge >= 0.3 is 6.18 Å². The van der Waals surface area contributed by atoms with Crippen LogP contribution in [-0.2, 0) is 6.18 Å². The van der Waals surface area contributed by atoms with Crippen molar-refractivity contribution in [1.29, 1.82) is 0 Å². The summed E-state index contributed by atoms with van der Waals surface area (Å²) in [5.74, 6) is -0.245. The summed E-state index contributed by atoms with van der Waals surface area (Å²) < 4.78 is 41.3. The first-order valence-corrected chi connectivity index (χ1v) is 10.5. The zero-order valence-corrected chi connectivity index (χ0v) is 18.0. The van der Waals surface area contributed by atoms with E-state index < -0.39 is 11.7 Å². The van der Waals surface area contributed by atoms with Crippen molar-refractivity contribution in [2.75, 3.05) is 31.9 Å². The molecule has 0 aliphatic carbocycles. The Kier molecular flexibility index (Phi) is 7.40. The van der Waals surface area contributed by atoms with Gasteiger partial charge in [0.2, 0.25) is 0 Å². The highest BCUT2D eigenvalue weighted by Gasteiger charge is 2.29. The smallest absolute Gasteiger partial charge is 0.351 e. The lowest BCUT2D eigenvalue weighted by atomic mass is 10.1. The molecule has 9 heteroatoms. The summed E-state index contributed by atoms with van der Waals surface area (Å²) in [6.07, 6.45) is -3.53. The molecule has 0 saturated carbocycles. The predicted molar refractivity (Wildman–Crippen MR) is 118 cm³/mol. The van der Waals surface area contributed by atoms with Crippen LogP contribution >= 0.6 is 11.9 Å². The molecule has 2 aromatic carbocycles. The molecule has 1 aromatic heterocycles. The molecule has 0 atom stereocenters. The third-order valence-corrected chi connectivity index (χ3v) is 5.31. The molecule has 0 aliphatic rings. The van der Waals surface area contributed by atoms with Crippen molar-refractivity contribution in [3.63, 3.8) is 0 Å². The Morgan fingerprint density at radius 1 is 1.06 bits per heavy atom. The van der Waals surface area contributed by atoms with E-state index in [-0.39, 0.29) is 5.91 Å². The fraction of sp³-hybridized carbons (Fsp3) is 0.273. The van der Waals surface area contributed by atoms with Crippen LogP contribution in [0.3, 0.4) is 0 Å². The molecule has 1 amide bonds. The Labute approximate surface area is 183 Å². The second-order valence-electron chi connectivity index (χ2n) is 7.21. The summed E-state index contributed by atoms with van der Waals surface area (Å²) in [7, 11) is 3.95. The van der Waals surface area contributed by atoms with E-state index in [1.54, 1.807) is 6.07 Å². The van der Waals surface area contributed by atoms with Crippen LogP contribution in [0.2, 0.25) is 0 Å². The third kappa shape index (κ3) is 6.35. The molecule has 3 aromatic rings. The summed E-state index contributed by atoms with van der Waals surface area (Å²) in [6.45, 7) is 1.43. The number of carbonyl (C=O) groups excluding carboxylic acids is 1. The molecule has 3 rings (SSSR count). The fourth-order valence-corrected chi connectivity index (χ4v) is 3.53. The Hall–Kier alpha value is -2.78. The molecule has 31 heavy (non-hydrogen) atoms. The third-order valence-electron chi connectivity index (χ3n) is 4.48. The molecule has 5 nitrogen and oxygen atoms in total. The molecule has 1 heterocycles. The fourth-order valence-electron chi connectivity index (χ4n) is 2.87. The first kappa shape index (κ1) is 22.9. The number of anilines is 1. The summed E-state index contributed by atoms with van der Waals surface area (Å²) in [5, 5.41) is 3.72. The van der Waals surface area contributed by atoms with E-state index in [0.29, 0.717) is 28.3 Å². The summed E-state index contributed by atoms with van der Waals surface area (Å²) in [6, 6.07) is 14.0. The molecule has 0 bridgehead atoms. The number of hydrogen-bond donors (Lipinski definition) is 2. The molecule has 0 fully saturated rings. The minimum atomic E-state index is -4.36. The average molecular weight is 449 g/mol. The van der Waals surface area contributed by atoms with Gasteiger partial charge in [-0.2, -0.15) is 13.2 Å². The standard InChI is InChI=1S/C22H23F3N4OS/c1-29(2)14-4-13-26-21(30)19-12-7-15-5-3-6-18(20(15)27-19)28-31-17-10-8-16(9-11-17)22(23,24)25/h3,5-12,28H,4,13-14H2,1-2H3,(H,26,30). The lowest BCUT2D eigenvalue weighted by Crippen LogP contribution is -2.27. The topological polar surface area (TPSA) is 57.3 Å². The molecule has 0 saturated heterocycles. The van der Waals surface area contributed by atoms with Crippen LogP contribution in [0.25, 0.3) is 10.9 Å². The van der Waals surface area contributed by atoms with Gasteiger partial charge in [-0.05, 0) is 75.4 Å². The van der Waals surface area contributed by atoms with E-state index in [0.717, 1.165) is 30.5 Å². The molecule has 164 valence electrons. The first-order valence-electron chi connectivity index (χ1n) is 9.67. The number of carbonyl (C=O) groups is 1. The van der Waals surface area contributed by atoms with Crippen LogP contribution in [-0.4, -0.2) is 43.0 Å². The highest BCUT2D eigenvalue weighted by molar-refractivity contribution is 8.00. The minimum Gasteiger partial charge on any atom is -0.351 e. The van der Waals surface area contributed by atoms with Crippen molar-refractivity contribution < 1.29 is 18.0 Å². The van der Waals surface area contributed by atoms with Crippen LogP contribution in [0.15, 0.2) is 59.5 Å². The number of fused-ring (bicyclic) bond motifs is 1. The zero-order valence-electron chi connectivity index (χ0n) is 17.2. The summed E-state index contributed by atoms with van der Waals surface area (Å²) in [5.41, 5.74) is 0.906. The number of halogens is 3. The number of benzene rings is 2. The highest BCUT2D eigenvalue weighted by atomic mass is 32.2. The van der Waals surface area contributed by atoms with Gasteiger partial charge in [0.1, 0.15) is 5.69 Å². The number of amides is 1. The number of pyridine rings is 1. The van der Waals surface area contributed by atoms with Crippen molar-refractivity contribution in [2.24, 2.45) is 0 Å². The lowest BCUT2D eigenvalue weighted by molar-refractivity contribution is -0.137. The van der Waals surface area contributed by atoms with Gasteiger partial charge in [-0.15, -0.1) is 0 Å². The van der Waals surface area contributed by atoms with Gasteiger partial charge in [-0.3, -0.25) is 4.79 Å². The number of para-hydroxylation sites is 1. The number of nitrogens with one attached hydrogen (secondary N) is 2. The molecular weight excluding hydrogens is 425 g/mol. The van der Waals surface area contributed by atoms with E-state index in [1.807, 2.05) is 43.3 Å². The zero-order chi connectivity index (χ0) is 22.4. The number of rotatable bonds is 8. The highest BCUT2D eigenvalue weighted by Crippen LogP contribution is 2.32. The number of nitrogens with zero attached hydrogens (tertiary/aromatic N) is 2. The van der Waals surface area contributed by atoms with E-state index in [9.17, 15) is 18.0 Å². The maximum atomic E-state index is 12.7. The summed E-state index contributed by atoms with van der Waals surface area (Å²) in [4.78, 5) is 19.6. The Morgan fingerprint density at radius 3 is 2.48 bits per heavy atom. The van der Waals surface area contributed by atoms with Crippen LogP contribution in [0.1, 0.15) is 22.5 Å². The van der Waals surface area contributed by atoms with Crippen LogP contribution in [0.5, 0.6) is 0 Å². The maximum absolute atomic E-state index is 12.7. The van der Waals surface area contributed by atoms with Gasteiger partial charge in [0.15, 0.2) is 0 Å². The van der Waals surface area contributed by atoms with Crippen molar-refractivity contribution in [2.45, 2.75) is 17.5 Å². The normalized spacial score (nSPS) is 11.7. The van der Waals surface area contributed by atoms with E-state index in [2.05, 4.69) is 15.0 Å². The Balaban J connectivity index is 1.70. The molecule has 0 radical (unpaired) electrons. The van der Waals surface area contributed by atoms with E-state index >= 15 is 0 Å². The number of hydrogen-bond acceptors (Lipinski definition) is 5. The van der Waals surface area contributed by atoms with Gasteiger partial charge in [0.05, 0.1) is 16.8 Å². The SMILES string of the molecule is CN(C)CCCNC(=O)c1ccc2cccc(NSc3ccc(C(F)(F)F)cc3)c2n1. The number of alkyl halides is 3.